The van der Waals surface area contributed by atoms with E-state index in [2.05, 4.69) is 38.9 Å². The Morgan fingerprint density at radius 2 is 1.69 bits per heavy atom. The Kier molecular flexibility index (Phi) is 5.86. The van der Waals surface area contributed by atoms with Gasteiger partial charge in [0.15, 0.2) is 0 Å². The van der Waals surface area contributed by atoms with Crippen LogP contribution in [-0.2, 0) is 9.59 Å². The van der Waals surface area contributed by atoms with E-state index in [-0.39, 0.29) is 23.3 Å². The molecule has 2 fully saturated rings. The molecule has 1 N–H and O–H groups in total. The van der Waals surface area contributed by atoms with E-state index in [1.165, 1.54) is 0 Å². The topological polar surface area (TPSA) is 78.4 Å². The number of rotatable bonds is 6. The molecule has 0 atom stereocenters. The van der Waals surface area contributed by atoms with Crippen LogP contribution in [0.5, 0.6) is 0 Å². The van der Waals surface area contributed by atoms with Crippen molar-refractivity contribution in [3.63, 3.8) is 0 Å². The van der Waals surface area contributed by atoms with Crippen molar-refractivity contribution in [2.75, 3.05) is 31.1 Å². The maximum absolute atomic E-state index is 11.5. The van der Waals surface area contributed by atoms with E-state index in [9.17, 15) is 9.59 Å². The summed E-state index contributed by atoms with van der Waals surface area (Å²) in [5, 5.41) is 2.38. The molecule has 26 heavy (non-hydrogen) atoms. The van der Waals surface area contributed by atoms with Crippen LogP contribution < -0.4 is 10.2 Å². The fourth-order valence-corrected chi connectivity index (χ4v) is 4.01. The summed E-state index contributed by atoms with van der Waals surface area (Å²) in [4.78, 5) is 36.4. The molecule has 7 nitrogen and oxygen atoms in total. The van der Waals surface area contributed by atoms with Crippen LogP contribution in [0.15, 0.2) is 18.5 Å². The van der Waals surface area contributed by atoms with E-state index < -0.39 is 0 Å². The molecule has 2 amide bonds. The van der Waals surface area contributed by atoms with Crippen LogP contribution in [0.25, 0.3) is 0 Å². The minimum Gasteiger partial charge on any atom is -0.338 e. The highest BCUT2D eigenvalue weighted by Crippen LogP contribution is 2.27. The van der Waals surface area contributed by atoms with Gasteiger partial charge in [0.25, 0.3) is 0 Å². The van der Waals surface area contributed by atoms with Crippen LogP contribution in [-0.4, -0.2) is 58.4 Å². The molecular formula is C19H29N5O2. The van der Waals surface area contributed by atoms with Crippen molar-refractivity contribution in [1.82, 2.24) is 20.2 Å². The van der Waals surface area contributed by atoms with Crippen LogP contribution >= 0.6 is 0 Å². The normalized spacial score (nSPS) is 20.3. The molecule has 142 valence electrons. The number of amides is 2. The van der Waals surface area contributed by atoms with E-state index in [4.69, 9.17) is 0 Å². The van der Waals surface area contributed by atoms with Crippen LogP contribution in [0.3, 0.4) is 0 Å². The molecule has 0 aliphatic carbocycles. The average molecular weight is 359 g/mol. The fourth-order valence-electron chi connectivity index (χ4n) is 4.01. The highest BCUT2D eigenvalue weighted by molar-refractivity contribution is 5.97. The molecule has 0 bridgehead atoms. The first-order valence-electron chi connectivity index (χ1n) is 9.54. The smallest absolute Gasteiger partial charge is 0.226 e. The third-order valence-electron chi connectivity index (χ3n) is 5.60. The molecule has 3 heterocycles. The van der Waals surface area contributed by atoms with Crippen LogP contribution in [0, 0.1) is 5.92 Å². The number of aromatic nitrogens is 2. The maximum atomic E-state index is 11.5. The zero-order chi connectivity index (χ0) is 18.6. The number of piperidine rings is 1. The number of nitrogens with zero attached hydrogens (tertiary/aromatic N) is 4. The first kappa shape index (κ1) is 18.8. The minimum atomic E-state index is -0.121. The molecule has 0 unspecified atom stereocenters. The SMILES string of the molecule is CC(C)(CCCC1CC(=O)NC(=O)C1)N1CCN(c2ncccn2)CC1. The van der Waals surface area contributed by atoms with Gasteiger partial charge in [0.1, 0.15) is 0 Å². The highest BCUT2D eigenvalue weighted by atomic mass is 16.2. The first-order valence-corrected chi connectivity index (χ1v) is 9.54. The van der Waals surface area contributed by atoms with Gasteiger partial charge in [-0.2, -0.15) is 0 Å². The van der Waals surface area contributed by atoms with Gasteiger partial charge < -0.3 is 4.90 Å². The number of anilines is 1. The van der Waals surface area contributed by atoms with Crippen molar-refractivity contribution in [1.29, 1.82) is 0 Å². The van der Waals surface area contributed by atoms with Gasteiger partial charge in [0.2, 0.25) is 17.8 Å². The monoisotopic (exact) mass is 359 g/mol. The summed E-state index contributed by atoms with van der Waals surface area (Å²) < 4.78 is 0. The van der Waals surface area contributed by atoms with Crippen molar-refractivity contribution in [2.24, 2.45) is 5.92 Å². The molecule has 2 aliphatic heterocycles. The number of hydrogen-bond donors (Lipinski definition) is 1. The summed E-state index contributed by atoms with van der Waals surface area (Å²) in [6.07, 6.45) is 7.61. The molecule has 7 heteroatoms. The lowest BCUT2D eigenvalue weighted by atomic mass is 9.87. The molecular weight excluding hydrogens is 330 g/mol. The van der Waals surface area contributed by atoms with Crippen molar-refractivity contribution >= 4 is 17.8 Å². The Bertz CT molecular complexity index is 610. The molecule has 0 aromatic carbocycles. The predicted molar refractivity (Wildman–Crippen MR) is 99.6 cm³/mol. The number of imide groups is 1. The Labute approximate surface area is 155 Å². The van der Waals surface area contributed by atoms with Crippen molar-refractivity contribution in [3.05, 3.63) is 18.5 Å². The number of nitrogens with one attached hydrogen (secondary N) is 1. The van der Waals surface area contributed by atoms with Crippen molar-refractivity contribution in [3.8, 4) is 0 Å². The standard InChI is InChI=1S/C19H29N5O2/c1-19(2,6-3-5-15-13-16(25)22-17(26)14-15)24-11-9-23(10-12-24)18-20-7-4-8-21-18/h4,7-8,15H,3,5-6,9-14H2,1-2H3,(H,22,25,26). The van der Waals surface area contributed by atoms with Gasteiger partial charge in [0.05, 0.1) is 0 Å². The van der Waals surface area contributed by atoms with E-state index in [0.29, 0.717) is 12.8 Å². The van der Waals surface area contributed by atoms with Crippen molar-refractivity contribution < 1.29 is 9.59 Å². The Hall–Kier alpha value is -2.02. The van der Waals surface area contributed by atoms with Crippen LogP contribution in [0.1, 0.15) is 46.0 Å². The second-order valence-corrected chi connectivity index (χ2v) is 7.97. The van der Waals surface area contributed by atoms with E-state index in [1.54, 1.807) is 12.4 Å². The van der Waals surface area contributed by atoms with Gasteiger partial charge in [-0.15, -0.1) is 0 Å². The molecule has 1 aromatic heterocycles. The Morgan fingerprint density at radius 3 is 2.31 bits per heavy atom. The third-order valence-corrected chi connectivity index (χ3v) is 5.60. The summed E-state index contributed by atoms with van der Waals surface area (Å²) in [5.41, 5.74) is 0.116. The van der Waals surface area contributed by atoms with Crippen LogP contribution in [0.4, 0.5) is 5.95 Å². The van der Waals surface area contributed by atoms with Gasteiger partial charge >= 0.3 is 0 Å². The lowest BCUT2D eigenvalue weighted by molar-refractivity contribution is -0.134. The van der Waals surface area contributed by atoms with Crippen LogP contribution in [0.2, 0.25) is 0 Å². The number of piperazine rings is 1. The Morgan fingerprint density at radius 1 is 1.08 bits per heavy atom. The number of carbonyl (C=O) groups is 2. The quantitative estimate of drug-likeness (QED) is 0.778. The Balaban J connectivity index is 1.44. The molecule has 0 saturated carbocycles. The summed E-state index contributed by atoms with van der Waals surface area (Å²) in [5.74, 6) is 0.777. The van der Waals surface area contributed by atoms with E-state index in [1.807, 2.05) is 6.07 Å². The summed E-state index contributed by atoms with van der Waals surface area (Å²) in [6, 6.07) is 1.84. The van der Waals surface area contributed by atoms with E-state index in [0.717, 1.165) is 51.4 Å². The molecule has 2 aliphatic rings. The molecule has 0 spiro atoms. The second kappa shape index (κ2) is 8.12. The molecule has 0 radical (unpaired) electrons. The highest BCUT2D eigenvalue weighted by Gasteiger charge is 2.31. The van der Waals surface area contributed by atoms with Gasteiger partial charge in [-0.1, -0.05) is 6.42 Å². The van der Waals surface area contributed by atoms with Gasteiger partial charge in [-0.05, 0) is 38.7 Å². The average Bonchev–Trinajstić information content (AvgIpc) is 2.62. The van der Waals surface area contributed by atoms with Gasteiger partial charge in [-0.3, -0.25) is 19.8 Å². The molecule has 2 saturated heterocycles. The largest absolute Gasteiger partial charge is 0.338 e. The summed E-state index contributed by atoms with van der Waals surface area (Å²) >= 11 is 0. The third kappa shape index (κ3) is 4.78. The number of hydrogen-bond acceptors (Lipinski definition) is 6. The summed E-state index contributed by atoms with van der Waals surface area (Å²) in [6.45, 7) is 8.45. The second-order valence-electron chi connectivity index (χ2n) is 7.97. The fraction of sp³-hybridized carbons (Fsp3) is 0.684. The first-order chi connectivity index (χ1) is 12.4. The predicted octanol–water partition coefficient (Wildman–Crippen LogP) is 1.60. The lowest BCUT2D eigenvalue weighted by Crippen LogP contribution is -2.55. The van der Waals surface area contributed by atoms with Gasteiger partial charge in [-0.25, -0.2) is 9.97 Å². The number of carbonyl (C=O) groups excluding carboxylic acids is 2. The molecule has 1 aromatic rings. The summed E-state index contributed by atoms with van der Waals surface area (Å²) in [7, 11) is 0. The molecule has 3 rings (SSSR count). The van der Waals surface area contributed by atoms with Crippen molar-refractivity contribution in [2.45, 2.75) is 51.5 Å². The zero-order valence-corrected chi connectivity index (χ0v) is 15.8. The van der Waals surface area contributed by atoms with E-state index >= 15 is 0 Å². The van der Waals surface area contributed by atoms with Gasteiger partial charge in [0, 0.05) is 57.0 Å². The zero-order valence-electron chi connectivity index (χ0n) is 15.8. The lowest BCUT2D eigenvalue weighted by Gasteiger charge is -2.44. The minimum absolute atomic E-state index is 0.116. The maximum Gasteiger partial charge on any atom is 0.226 e.